The molecule has 0 aliphatic heterocycles. The molecule has 1 aromatic rings. The molecule has 2 nitrogen and oxygen atoms in total. The number of hydrogen-bond acceptors (Lipinski definition) is 3. The third-order valence-electron chi connectivity index (χ3n) is 2.27. The Kier molecular flexibility index (Phi) is 5.64. The molecule has 0 radical (unpaired) electrons. The number of anilines is 1. The fourth-order valence-corrected chi connectivity index (χ4v) is 2.14. The molecule has 0 unspecified atom stereocenters. The smallest absolute Gasteiger partial charge is 0.0468 e. The molecule has 0 amide bonds. The maximum absolute atomic E-state index is 5.77. The van der Waals surface area contributed by atoms with Gasteiger partial charge in [0.1, 0.15) is 0 Å². The Morgan fingerprint density at radius 1 is 1.36 bits per heavy atom. The van der Waals surface area contributed by atoms with Gasteiger partial charge in [-0.05, 0) is 24.4 Å². The molecule has 0 atom stereocenters. The lowest BCUT2D eigenvalue weighted by Gasteiger charge is -2.03. The van der Waals surface area contributed by atoms with Crippen LogP contribution in [0.25, 0.3) is 0 Å². The molecule has 14 heavy (non-hydrogen) atoms. The van der Waals surface area contributed by atoms with Crippen LogP contribution in [0.1, 0.15) is 37.5 Å². The van der Waals surface area contributed by atoms with Crippen molar-refractivity contribution in [1.29, 1.82) is 0 Å². The van der Waals surface area contributed by atoms with Crippen molar-refractivity contribution in [2.75, 3.05) is 12.3 Å². The molecule has 3 N–H and O–H groups in total. The van der Waals surface area contributed by atoms with Crippen molar-refractivity contribution >= 4 is 17.0 Å². The van der Waals surface area contributed by atoms with Crippen molar-refractivity contribution in [3.63, 3.8) is 0 Å². The number of rotatable bonds is 7. The normalized spacial score (nSPS) is 10.6. The quantitative estimate of drug-likeness (QED) is 0.682. The van der Waals surface area contributed by atoms with Gasteiger partial charge in [0.15, 0.2) is 0 Å². The zero-order valence-electron chi connectivity index (χ0n) is 8.88. The second-order valence-corrected chi connectivity index (χ2v) is 4.54. The molecule has 0 aliphatic rings. The van der Waals surface area contributed by atoms with Gasteiger partial charge in [-0.15, -0.1) is 11.3 Å². The lowest BCUT2D eigenvalue weighted by Crippen LogP contribution is -2.14. The molecule has 80 valence electrons. The summed E-state index contributed by atoms with van der Waals surface area (Å²) in [5, 5.41) is 5.46. The van der Waals surface area contributed by atoms with Crippen LogP contribution >= 0.6 is 11.3 Å². The standard InChI is InChI=1S/C11H20N2S/c1-2-3-4-5-7-13-9-11-10(12)6-8-14-11/h6,8,13H,2-5,7,9,12H2,1H3. The van der Waals surface area contributed by atoms with Crippen LogP contribution in [0.5, 0.6) is 0 Å². The molecular formula is C11H20N2S. The fraction of sp³-hybridized carbons (Fsp3) is 0.636. The van der Waals surface area contributed by atoms with Crippen molar-refractivity contribution in [3.8, 4) is 0 Å². The number of nitrogen functional groups attached to an aromatic ring is 1. The maximum atomic E-state index is 5.77. The summed E-state index contributed by atoms with van der Waals surface area (Å²) in [4.78, 5) is 1.26. The predicted octanol–water partition coefficient (Wildman–Crippen LogP) is 3.00. The van der Waals surface area contributed by atoms with Crippen LogP contribution in [-0.4, -0.2) is 6.54 Å². The van der Waals surface area contributed by atoms with Gasteiger partial charge < -0.3 is 11.1 Å². The summed E-state index contributed by atoms with van der Waals surface area (Å²) in [5.41, 5.74) is 6.70. The van der Waals surface area contributed by atoms with Crippen LogP contribution in [0, 0.1) is 0 Å². The number of nitrogens with one attached hydrogen (secondary N) is 1. The van der Waals surface area contributed by atoms with Gasteiger partial charge in [-0.25, -0.2) is 0 Å². The van der Waals surface area contributed by atoms with Crippen LogP contribution in [0.2, 0.25) is 0 Å². The first kappa shape index (κ1) is 11.5. The number of unbranched alkanes of at least 4 members (excludes halogenated alkanes) is 3. The molecule has 0 bridgehead atoms. The largest absolute Gasteiger partial charge is 0.398 e. The van der Waals surface area contributed by atoms with E-state index in [-0.39, 0.29) is 0 Å². The molecule has 1 aromatic heterocycles. The van der Waals surface area contributed by atoms with Gasteiger partial charge in [-0.1, -0.05) is 26.2 Å². The van der Waals surface area contributed by atoms with E-state index in [1.165, 1.54) is 30.6 Å². The van der Waals surface area contributed by atoms with Crippen molar-refractivity contribution in [1.82, 2.24) is 5.32 Å². The molecule has 0 saturated carbocycles. The lowest BCUT2D eigenvalue weighted by molar-refractivity contribution is 0.601. The van der Waals surface area contributed by atoms with E-state index in [0.717, 1.165) is 18.8 Å². The highest BCUT2D eigenvalue weighted by Gasteiger charge is 1.98. The van der Waals surface area contributed by atoms with Crippen LogP contribution in [0.4, 0.5) is 5.69 Å². The Balaban J connectivity index is 2.02. The molecular weight excluding hydrogens is 192 g/mol. The molecule has 0 aliphatic carbocycles. The summed E-state index contributed by atoms with van der Waals surface area (Å²) in [6, 6.07) is 1.97. The van der Waals surface area contributed by atoms with Crippen molar-refractivity contribution in [2.45, 2.75) is 39.2 Å². The van der Waals surface area contributed by atoms with Gasteiger partial charge in [0, 0.05) is 17.1 Å². The summed E-state index contributed by atoms with van der Waals surface area (Å²) in [5.74, 6) is 0. The SMILES string of the molecule is CCCCCCNCc1sccc1N. The summed E-state index contributed by atoms with van der Waals surface area (Å²) in [6.45, 7) is 4.27. The first-order valence-corrected chi connectivity index (χ1v) is 6.25. The van der Waals surface area contributed by atoms with E-state index >= 15 is 0 Å². The van der Waals surface area contributed by atoms with Crippen LogP contribution in [-0.2, 0) is 6.54 Å². The minimum absolute atomic E-state index is 0.926. The topological polar surface area (TPSA) is 38.0 Å². The Bertz CT molecular complexity index is 245. The third kappa shape index (κ3) is 4.11. The fourth-order valence-electron chi connectivity index (χ4n) is 1.37. The maximum Gasteiger partial charge on any atom is 0.0468 e. The Morgan fingerprint density at radius 3 is 2.86 bits per heavy atom. The Morgan fingerprint density at radius 2 is 2.21 bits per heavy atom. The first-order valence-electron chi connectivity index (χ1n) is 5.37. The van der Waals surface area contributed by atoms with Crippen molar-refractivity contribution < 1.29 is 0 Å². The second kappa shape index (κ2) is 6.85. The lowest BCUT2D eigenvalue weighted by atomic mass is 10.2. The minimum Gasteiger partial charge on any atom is -0.398 e. The molecule has 3 heteroatoms. The summed E-state index contributed by atoms with van der Waals surface area (Å²) >= 11 is 1.73. The number of nitrogens with two attached hydrogens (primary N) is 1. The summed E-state index contributed by atoms with van der Waals surface area (Å²) in [7, 11) is 0. The molecule has 1 rings (SSSR count). The highest BCUT2D eigenvalue weighted by molar-refractivity contribution is 7.10. The van der Waals surface area contributed by atoms with Crippen LogP contribution in [0.15, 0.2) is 11.4 Å². The van der Waals surface area contributed by atoms with Gasteiger partial charge in [-0.2, -0.15) is 0 Å². The average molecular weight is 212 g/mol. The molecule has 0 fully saturated rings. The van der Waals surface area contributed by atoms with E-state index in [1.54, 1.807) is 11.3 Å². The number of hydrogen-bond donors (Lipinski definition) is 2. The van der Waals surface area contributed by atoms with Gasteiger partial charge in [0.05, 0.1) is 0 Å². The van der Waals surface area contributed by atoms with Gasteiger partial charge >= 0.3 is 0 Å². The predicted molar refractivity (Wildman–Crippen MR) is 64.6 cm³/mol. The molecule has 1 heterocycles. The van der Waals surface area contributed by atoms with E-state index in [0.29, 0.717) is 0 Å². The second-order valence-electron chi connectivity index (χ2n) is 3.54. The first-order chi connectivity index (χ1) is 6.84. The van der Waals surface area contributed by atoms with E-state index in [2.05, 4.69) is 12.2 Å². The summed E-state index contributed by atoms with van der Waals surface area (Å²) in [6.07, 6.45) is 5.27. The minimum atomic E-state index is 0.926. The zero-order valence-corrected chi connectivity index (χ0v) is 9.70. The average Bonchev–Trinajstić information content (AvgIpc) is 2.58. The monoisotopic (exact) mass is 212 g/mol. The molecule has 0 saturated heterocycles. The Labute approximate surface area is 90.5 Å². The van der Waals surface area contributed by atoms with E-state index in [9.17, 15) is 0 Å². The van der Waals surface area contributed by atoms with Crippen LogP contribution < -0.4 is 11.1 Å². The van der Waals surface area contributed by atoms with E-state index in [1.807, 2.05) is 11.4 Å². The Hall–Kier alpha value is -0.540. The molecule has 0 spiro atoms. The van der Waals surface area contributed by atoms with Crippen molar-refractivity contribution in [3.05, 3.63) is 16.3 Å². The number of thiophene rings is 1. The van der Waals surface area contributed by atoms with Crippen molar-refractivity contribution in [2.24, 2.45) is 0 Å². The van der Waals surface area contributed by atoms with Crippen LogP contribution in [0.3, 0.4) is 0 Å². The van der Waals surface area contributed by atoms with Gasteiger partial charge in [-0.3, -0.25) is 0 Å². The highest BCUT2D eigenvalue weighted by Crippen LogP contribution is 2.17. The zero-order chi connectivity index (χ0) is 10.2. The third-order valence-corrected chi connectivity index (χ3v) is 3.21. The van der Waals surface area contributed by atoms with Gasteiger partial charge in [0.25, 0.3) is 0 Å². The van der Waals surface area contributed by atoms with Gasteiger partial charge in [0.2, 0.25) is 0 Å². The summed E-state index contributed by atoms with van der Waals surface area (Å²) < 4.78 is 0. The molecule has 0 aromatic carbocycles. The highest BCUT2D eigenvalue weighted by atomic mass is 32.1. The van der Waals surface area contributed by atoms with E-state index in [4.69, 9.17) is 5.73 Å². The van der Waals surface area contributed by atoms with E-state index < -0.39 is 0 Å².